The van der Waals surface area contributed by atoms with E-state index in [0.29, 0.717) is 13.0 Å². The van der Waals surface area contributed by atoms with E-state index in [1.165, 1.54) is 141 Å². The van der Waals surface area contributed by atoms with E-state index < -0.39 is 0 Å². The fraction of sp³-hybridized carbons (Fsp3) is 0.972. The highest BCUT2D eigenvalue weighted by molar-refractivity contribution is 5.69. The van der Waals surface area contributed by atoms with Gasteiger partial charge >= 0.3 is 5.97 Å². The maximum absolute atomic E-state index is 12.6. The summed E-state index contributed by atoms with van der Waals surface area (Å²) in [6.07, 6.45) is 33.1. The van der Waals surface area contributed by atoms with E-state index in [1.807, 2.05) is 0 Å². The van der Waals surface area contributed by atoms with E-state index in [1.54, 1.807) is 0 Å². The van der Waals surface area contributed by atoms with Crippen molar-refractivity contribution in [2.45, 2.75) is 200 Å². The number of aliphatic hydroxyl groups excluding tert-OH is 1. The minimum absolute atomic E-state index is 0.0365. The first-order valence-electron chi connectivity index (χ1n) is 18.2. The van der Waals surface area contributed by atoms with Gasteiger partial charge in [0.05, 0.1) is 0 Å². The lowest BCUT2D eigenvalue weighted by molar-refractivity contribution is -0.150. The predicted molar refractivity (Wildman–Crippen MR) is 175 cm³/mol. The molecule has 1 N–H and O–H groups in total. The molecule has 0 radical (unpaired) electrons. The maximum atomic E-state index is 12.6. The van der Waals surface area contributed by atoms with Gasteiger partial charge in [0, 0.05) is 19.6 Å². The van der Waals surface area contributed by atoms with E-state index in [4.69, 9.17) is 4.74 Å². The van der Waals surface area contributed by atoms with Crippen LogP contribution < -0.4 is 0 Å². The minimum atomic E-state index is 0.0365. The van der Waals surface area contributed by atoms with Gasteiger partial charge in [-0.1, -0.05) is 136 Å². The molecule has 1 unspecified atom stereocenters. The molecule has 0 rings (SSSR count). The molecule has 40 heavy (non-hydrogen) atoms. The minimum Gasteiger partial charge on any atom is -0.462 e. The summed E-state index contributed by atoms with van der Waals surface area (Å²) in [7, 11) is 0. The summed E-state index contributed by atoms with van der Waals surface area (Å²) in [5.74, 6) is 0.0365. The monoisotopic (exact) mass is 568 g/mol. The van der Waals surface area contributed by atoms with Crippen molar-refractivity contribution in [1.29, 1.82) is 0 Å². The van der Waals surface area contributed by atoms with Crippen LogP contribution in [0.2, 0.25) is 0 Å². The van der Waals surface area contributed by atoms with Crippen molar-refractivity contribution >= 4 is 5.97 Å². The summed E-state index contributed by atoms with van der Waals surface area (Å²) in [6, 6.07) is 0. The van der Waals surface area contributed by atoms with Crippen LogP contribution in [0.4, 0.5) is 0 Å². The molecule has 0 aromatic rings. The molecule has 0 amide bonds. The third-order valence-corrected chi connectivity index (χ3v) is 8.37. The molecule has 0 aliphatic rings. The van der Waals surface area contributed by atoms with Gasteiger partial charge in [-0.05, 0) is 64.5 Å². The molecule has 1 atom stereocenters. The third kappa shape index (κ3) is 28.9. The van der Waals surface area contributed by atoms with E-state index in [-0.39, 0.29) is 12.1 Å². The van der Waals surface area contributed by atoms with Gasteiger partial charge in [-0.25, -0.2) is 0 Å². The largest absolute Gasteiger partial charge is 0.462 e. The van der Waals surface area contributed by atoms with E-state index in [2.05, 4.69) is 25.7 Å². The average Bonchev–Trinajstić information content (AvgIpc) is 2.95. The fourth-order valence-corrected chi connectivity index (χ4v) is 5.69. The molecular formula is C36H73NO3. The van der Waals surface area contributed by atoms with Crippen LogP contribution >= 0.6 is 0 Å². The number of aliphatic hydroxyl groups is 1. The van der Waals surface area contributed by atoms with Crippen molar-refractivity contribution in [3.05, 3.63) is 0 Å². The maximum Gasteiger partial charge on any atom is 0.306 e. The standard InChI is InChI=1S/C36H73NO3/c1-4-7-10-13-15-20-25-31-37(33-27-34-38)32-26-21-16-19-24-30-36(39)40-35(28-22-17-12-9-6-3)29-23-18-14-11-8-5-2/h35,38H,4-34H2,1-3H3. The highest BCUT2D eigenvalue weighted by Crippen LogP contribution is 2.18. The van der Waals surface area contributed by atoms with Gasteiger partial charge in [0.2, 0.25) is 0 Å². The normalized spacial score (nSPS) is 12.3. The van der Waals surface area contributed by atoms with Gasteiger partial charge < -0.3 is 14.7 Å². The smallest absolute Gasteiger partial charge is 0.306 e. The molecule has 4 heteroatoms. The zero-order chi connectivity index (χ0) is 29.4. The van der Waals surface area contributed by atoms with Crippen LogP contribution in [-0.4, -0.2) is 48.3 Å². The summed E-state index contributed by atoms with van der Waals surface area (Å²) in [6.45, 7) is 10.4. The molecule has 0 saturated carbocycles. The lowest BCUT2D eigenvalue weighted by atomic mass is 10.0. The van der Waals surface area contributed by atoms with Gasteiger partial charge in [-0.3, -0.25) is 4.79 Å². The third-order valence-electron chi connectivity index (χ3n) is 8.37. The highest BCUT2D eigenvalue weighted by Gasteiger charge is 2.14. The first-order valence-corrected chi connectivity index (χ1v) is 18.2. The van der Waals surface area contributed by atoms with E-state index in [9.17, 15) is 9.90 Å². The second kappa shape index (κ2) is 32.9. The lowest BCUT2D eigenvalue weighted by Crippen LogP contribution is -2.27. The van der Waals surface area contributed by atoms with Crippen molar-refractivity contribution in [2.75, 3.05) is 26.2 Å². The van der Waals surface area contributed by atoms with Crippen LogP contribution in [0.5, 0.6) is 0 Å². The first-order chi connectivity index (χ1) is 19.7. The molecule has 0 fully saturated rings. The van der Waals surface area contributed by atoms with Crippen molar-refractivity contribution in [3.63, 3.8) is 0 Å². The lowest BCUT2D eigenvalue weighted by Gasteiger charge is -2.22. The number of rotatable bonds is 33. The Morgan fingerprint density at radius 1 is 0.525 bits per heavy atom. The number of unbranched alkanes of at least 4 members (excludes halogenated alkanes) is 19. The number of nitrogens with zero attached hydrogens (tertiary/aromatic N) is 1. The number of carbonyl (C=O) groups is 1. The Morgan fingerprint density at radius 3 is 1.35 bits per heavy atom. The molecule has 0 saturated heterocycles. The Hall–Kier alpha value is -0.610. The summed E-state index contributed by atoms with van der Waals surface area (Å²) >= 11 is 0. The topological polar surface area (TPSA) is 49.8 Å². The molecule has 0 heterocycles. The number of ether oxygens (including phenoxy) is 1. The molecule has 0 aliphatic heterocycles. The van der Waals surface area contributed by atoms with Crippen molar-refractivity contribution in [1.82, 2.24) is 4.90 Å². The Morgan fingerprint density at radius 2 is 0.900 bits per heavy atom. The zero-order valence-corrected chi connectivity index (χ0v) is 27.7. The second-order valence-electron chi connectivity index (χ2n) is 12.4. The van der Waals surface area contributed by atoms with Gasteiger partial charge in [0.15, 0.2) is 0 Å². The van der Waals surface area contributed by atoms with Crippen LogP contribution in [0.25, 0.3) is 0 Å². The molecule has 0 bridgehead atoms. The van der Waals surface area contributed by atoms with Crippen LogP contribution in [0.3, 0.4) is 0 Å². The van der Waals surface area contributed by atoms with Crippen LogP contribution in [0.1, 0.15) is 194 Å². The molecular weight excluding hydrogens is 494 g/mol. The Kier molecular flexibility index (Phi) is 32.4. The summed E-state index contributed by atoms with van der Waals surface area (Å²) < 4.78 is 5.99. The molecule has 0 aliphatic carbocycles. The molecule has 4 nitrogen and oxygen atoms in total. The highest BCUT2D eigenvalue weighted by atomic mass is 16.5. The first kappa shape index (κ1) is 39.4. The molecule has 0 spiro atoms. The van der Waals surface area contributed by atoms with E-state index >= 15 is 0 Å². The Labute approximate surface area is 251 Å². The van der Waals surface area contributed by atoms with Crippen molar-refractivity contribution in [3.8, 4) is 0 Å². The van der Waals surface area contributed by atoms with Crippen molar-refractivity contribution in [2.24, 2.45) is 0 Å². The number of carbonyl (C=O) groups excluding carboxylic acids is 1. The molecule has 0 aromatic heterocycles. The van der Waals surface area contributed by atoms with Crippen LogP contribution in [-0.2, 0) is 9.53 Å². The Bertz CT molecular complexity index is 498. The number of esters is 1. The number of hydrogen-bond acceptors (Lipinski definition) is 4. The SMILES string of the molecule is CCCCCCCCCN(CCCO)CCCCCCCC(=O)OC(CCCCCCC)CCCCCCCC. The van der Waals surface area contributed by atoms with Gasteiger partial charge in [0.1, 0.15) is 6.10 Å². The second-order valence-corrected chi connectivity index (χ2v) is 12.4. The van der Waals surface area contributed by atoms with Crippen LogP contribution in [0.15, 0.2) is 0 Å². The van der Waals surface area contributed by atoms with Gasteiger partial charge in [-0.2, -0.15) is 0 Å². The molecule has 0 aromatic carbocycles. The van der Waals surface area contributed by atoms with Gasteiger partial charge in [0.25, 0.3) is 0 Å². The quantitative estimate of drug-likeness (QED) is 0.0633. The number of hydrogen-bond donors (Lipinski definition) is 1. The Balaban J connectivity index is 4.06. The van der Waals surface area contributed by atoms with Gasteiger partial charge in [-0.15, -0.1) is 0 Å². The fourth-order valence-electron chi connectivity index (χ4n) is 5.69. The average molecular weight is 568 g/mol. The summed E-state index contributed by atoms with van der Waals surface area (Å²) in [4.78, 5) is 15.2. The van der Waals surface area contributed by atoms with Crippen molar-refractivity contribution < 1.29 is 14.6 Å². The van der Waals surface area contributed by atoms with E-state index in [0.717, 1.165) is 45.2 Å². The predicted octanol–water partition coefficient (Wildman–Crippen LogP) is 10.8. The molecule has 240 valence electrons. The zero-order valence-electron chi connectivity index (χ0n) is 27.7. The van der Waals surface area contributed by atoms with Crippen LogP contribution in [0, 0.1) is 0 Å². The summed E-state index contributed by atoms with van der Waals surface area (Å²) in [5, 5.41) is 9.27. The summed E-state index contributed by atoms with van der Waals surface area (Å²) in [5.41, 5.74) is 0.